The van der Waals surface area contributed by atoms with E-state index in [0.29, 0.717) is 6.04 Å². The number of aromatic nitrogens is 2. The molecule has 1 aliphatic rings. The van der Waals surface area contributed by atoms with Crippen molar-refractivity contribution in [2.45, 2.75) is 25.3 Å². The van der Waals surface area contributed by atoms with Crippen molar-refractivity contribution in [2.75, 3.05) is 6.54 Å². The minimum absolute atomic E-state index is 0.377. The highest BCUT2D eigenvalue weighted by Gasteiger charge is 2.19. The van der Waals surface area contributed by atoms with E-state index in [9.17, 15) is 0 Å². The summed E-state index contributed by atoms with van der Waals surface area (Å²) >= 11 is 9.68. The van der Waals surface area contributed by atoms with Gasteiger partial charge < -0.3 is 9.88 Å². The second-order valence-corrected chi connectivity index (χ2v) is 6.08. The van der Waals surface area contributed by atoms with Gasteiger partial charge in [-0.15, -0.1) is 0 Å². The standard InChI is InChI=1S/C14H15BrClN3/c15-11-5-4-10(16)7-13(11)19-9-17-8-14(19)12-3-1-2-6-18-12/h4-5,7-9,12,18H,1-3,6H2. The summed E-state index contributed by atoms with van der Waals surface area (Å²) in [6, 6.07) is 6.18. The number of benzene rings is 1. The number of piperidine rings is 1. The first-order chi connectivity index (χ1) is 9.25. The second kappa shape index (κ2) is 5.65. The Hall–Kier alpha value is -0.840. The maximum absolute atomic E-state index is 6.10. The van der Waals surface area contributed by atoms with Crippen molar-refractivity contribution in [3.05, 3.63) is 45.9 Å². The largest absolute Gasteiger partial charge is 0.309 e. The second-order valence-electron chi connectivity index (χ2n) is 4.79. The van der Waals surface area contributed by atoms with E-state index in [1.807, 2.05) is 30.7 Å². The molecule has 19 heavy (non-hydrogen) atoms. The molecule has 0 bridgehead atoms. The average molecular weight is 341 g/mol. The summed E-state index contributed by atoms with van der Waals surface area (Å²) in [7, 11) is 0. The van der Waals surface area contributed by atoms with Crippen LogP contribution in [0.3, 0.4) is 0 Å². The van der Waals surface area contributed by atoms with Gasteiger partial charge in [-0.3, -0.25) is 0 Å². The molecule has 0 spiro atoms. The van der Waals surface area contributed by atoms with E-state index >= 15 is 0 Å². The fourth-order valence-electron chi connectivity index (χ4n) is 2.54. The molecule has 1 N–H and O–H groups in total. The molecule has 2 heterocycles. The van der Waals surface area contributed by atoms with E-state index in [-0.39, 0.29) is 0 Å². The number of imidazole rings is 1. The summed E-state index contributed by atoms with van der Waals surface area (Å²) in [5, 5.41) is 4.29. The molecule has 1 fully saturated rings. The summed E-state index contributed by atoms with van der Waals surface area (Å²) in [5.74, 6) is 0. The van der Waals surface area contributed by atoms with Gasteiger partial charge in [-0.1, -0.05) is 18.0 Å². The Morgan fingerprint density at radius 2 is 2.26 bits per heavy atom. The van der Waals surface area contributed by atoms with Crippen LogP contribution in [0.4, 0.5) is 0 Å². The van der Waals surface area contributed by atoms with E-state index in [0.717, 1.165) is 28.1 Å². The Morgan fingerprint density at radius 1 is 1.37 bits per heavy atom. The highest BCUT2D eigenvalue weighted by molar-refractivity contribution is 9.10. The maximum Gasteiger partial charge on any atom is 0.0995 e. The van der Waals surface area contributed by atoms with E-state index in [1.54, 1.807) is 0 Å². The number of nitrogens with one attached hydrogen (secondary N) is 1. The fraction of sp³-hybridized carbons (Fsp3) is 0.357. The maximum atomic E-state index is 6.10. The highest BCUT2D eigenvalue weighted by atomic mass is 79.9. The predicted molar refractivity (Wildman–Crippen MR) is 80.9 cm³/mol. The number of rotatable bonds is 2. The van der Waals surface area contributed by atoms with E-state index in [1.165, 1.54) is 18.5 Å². The van der Waals surface area contributed by atoms with E-state index in [4.69, 9.17) is 11.6 Å². The number of halogens is 2. The summed E-state index contributed by atoms with van der Waals surface area (Å²) in [6.45, 7) is 1.08. The average Bonchev–Trinajstić information content (AvgIpc) is 2.91. The van der Waals surface area contributed by atoms with Gasteiger partial charge in [0.25, 0.3) is 0 Å². The number of nitrogens with zero attached hydrogens (tertiary/aromatic N) is 2. The number of hydrogen-bond acceptors (Lipinski definition) is 2. The highest BCUT2D eigenvalue weighted by Crippen LogP contribution is 2.29. The molecule has 1 saturated heterocycles. The van der Waals surface area contributed by atoms with Gasteiger partial charge >= 0.3 is 0 Å². The van der Waals surface area contributed by atoms with Crippen LogP contribution in [0, 0.1) is 0 Å². The van der Waals surface area contributed by atoms with Crippen LogP contribution in [0.15, 0.2) is 35.2 Å². The summed E-state index contributed by atoms with van der Waals surface area (Å²) < 4.78 is 3.13. The van der Waals surface area contributed by atoms with Gasteiger partial charge in [0.05, 0.1) is 23.9 Å². The van der Waals surface area contributed by atoms with Crippen LogP contribution in [-0.2, 0) is 0 Å². The van der Waals surface area contributed by atoms with Gasteiger partial charge in [0.1, 0.15) is 0 Å². The van der Waals surface area contributed by atoms with Gasteiger partial charge in [-0.05, 0) is 53.5 Å². The summed E-state index contributed by atoms with van der Waals surface area (Å²) in [4.78, 5) is 4.30. The van der Waals surface area contributed by atoms with Crippen molar-refractivity contribution in [3.8, 4) is 5.69 Å². The first-order valence-electron chi connectivity index (χ1n) is 6.47. The van der Waals surface area contributed by atoms with Crippen molar-refractivity contribution in [3.63, 3.8) is 0 Å². The van der Waals surface area contributed by atoms with Gasteiger partial charge in [0.2, 0.25) is 0 Å². The van der Waals surface area contributed by atoms with Gasteiger partial charge in [-0.2, -0.15) is 0 Å². The first-order valence-corrected chi connectivity index (χ1v) is 7.64. The van der Waals surface area contributed by atoms with Crippen LogP contribution in [0.1, 0.15) is 31.0 Å². The molecular weight excluding hydrogens is 326 g/mol. The third-order valence-corrected chi connectivity index (χ3v) is 4.41. The zero-order valence-electron chi connectivity index (χ0n) is 10.4. The van der Waals surface area contributed by atoms with Gasteiger partial charge in [0, 0.05) is 15.5 Å². The van der Waals surface area contributed by atoms with Crippen LogP contribution >= 0.6 is 27.5 Å². The Kier molecular flexibility index (Phi) is 3.91. The number of hydrogen-bond donors (Lipinski definition) is 1. The summed E-state index contributed by atoms with van der Waals surface area (Å²) in [5.41, 5.74) is 2.23. The SMILES string of the molecule is Clc1ccc(Br)c(-n2cncc2C2CCCCN2)c1. The molecule has 1 aliphatic heterocycles. The lowest BCUT2D eigenvalue weighted by Gasteiger charge is -2.24. The molecule has 3 rings (SSSR count). The van der Waals surface area contributed by atoms with Crippen molar-refractivity contribution in [1.82, 2.24) is 14.9 Å². The molecule has 1 unspecified atom stereocenters. The van der Waals surface area contributed by atoms with Gasteiger partial charge in [0.15, 0.2) is 0 Å². The Bertz CT molecular complexity index is 576. The van der Waals surface area contributed by atoms with E-state index in [2.05, 4.69) is 30.8 Å². The smallest absolute Gasteiger partial charge is 0.0995 e. The van der Waals surface area contributed by atoms with Crippen molar-refractivity contribution < 1.29 is 0 Å². The van der Waals surface area contributed by atoms with Crippen LogP contribution in [0.2, 0.25) is 5.02 Å². The van der Waals surface area contributed by atoms with Crippen molar-refractivity contribution in [2.24, 2.45) is 0 Å². The molecule has 0 amide bonds. The lowest BCUT2D eigenvalue weighted by atomic mass is 10.0. The first kappa shape index (κ1) is 13.2. The third kappa shape index (κ3) is 2.71. The van der Waals surface area contributed by atoms with E-state index < -0.39 is 0 Å². The van der Waals surface area contributed by atoms with Crippen molar-refractivity contribution in [1.29, 1.82) is 0 Å². The monoisotopic (exact) mass is 339 g/mol. The quantitative estimate of drug-likeness (QED) is 0.892. The molecule has 100 valence electrons. The molecule has 0 radical (unpaired) electrons. The normalized spacial score (nSPS) is 19.6. The van der Waals surface area contributed by atoms with Crippen LogP contribution in [0.25, 0.3) is 5.69 Å². The zero-order chi connectivity index (χ0) is 13.2. The molecular formula is C14H15BrClN3. The van der Waals surface area contributed by atoms with Gasteiger partial charge in [-0.25, -0.2) is 4.98 Å². The predicted octanol–water partition coefficient (Wildman–Crippen LogP) is 4.10. The molecule has 1 aromatic heterocycles. The minimum Gasteiger partial charge on any atom is -0.309 e. The Morgan fingerprint density at radius 3 is 3.05 bits per heavy atom. The fourth-order valence-corrected chi connectivity index (χ4v) is 3.14. The third-order valence-electron chi connectivity index (χ3n) is 3.50. The molecule has 2 aromatic rings. The Labute approximate surface area is 126 Å². The Balaban J connectivity index is 2.01. The zero-order valence-corrected chi connectivity index (χ0v) is 12.8. The van der Waals surface area contributed by atoms with Crippen LogP contribution in [0.5, 0.6) is 0 Å². The molecule has 0 aliphatic carbocycles. The molecule has 5 heteroatoms. The molecule has 1 atom stereocenters. The summed E-state index contributed by atoms with van der Waals surface area (Å²) in [6.07, 6.45) is 7.47. The van der Waals surface area contributed by atoms with Crippen molar-refractivity contribution >= 4 is 27.5 Å². The van der Waals surface area contributed by atoms with Crippen LogP contribution in [-0.4, -0.2) is 16.1 Å². The minimum atomic E-state index is 0.377. The topological polar surface area (TPSA) is 29.9 Å². The molecule has 0 saturated carbocycles. The lowest BCUT2D eigenvalue weighted by molar-refractivity contribution is 0.402. The molecule has 1 aromatic carbocycles. The van der Waals surface area contributed by atoms with Crippen LogP contribution < -0.4 is 5.32 Å². The molecule has 3 nitrogen and oxygen atoms in total. The lowest BCUT2D eigenvalue weighted by Crippen LogP contribution is -2.28.